The third-order valence-electron chi connectivity index (χ3n) is 5.73. The molecule has 2 unspecified atom stereocenters. The summed E-state index contributed by atoms with van der Waals surface area (Å²) in [5.41, 5.74) is 2.95. The molecule has 3 aromatic rings. The van der Waals surface area contributed by atoms with Gasteiger partial charge in [0.25, 0.3) is 0 Å². The maximum atomic E-state index is 11.2. The first-order valence-electron chi connectivity index (χ1n) is 8.81. The standard InChI is InChI=1S/C20H24N4O/c1-13(2)14-5-7-17(21-10-14)20(25)9-16(20)19(3,4)15-6-8-18-23-22-12-24(18)11-15/h5-8,10-13,16,25H,9H2,1-4H3. The molecule has 1 saturated carbocycles. The van der Waals surface area contributed by atoms with Crippen LogP contribution in [0.5, 0.6) is 0 Å². The number of pyridine rings is 2. The van der Waals surface area contributed by atoms with Crippen LogP contribution in [0.2, 0.25) is 0 Å². The van der Waals surface area contributed by atoms with Crippen molar-refractivity contribution >= 4 is 5.65 Å². The van der Waals surface area contributed by atoms with E-state index in [9.17, 15) is 5.11 Å². The van der Waals surface area contributed by atoms with Gasteiger partial charge in [-0.05, 0) is 41.0 Å². The number of nitrogens with zero attached hydrogens (tertiary/aromatic N) is 4. The van der Waals surface area contributed by atoms with Gasteiger partial charge in [-0.15, -0.1) is 10.2 Å². The van der Waals surface area contributed by atoms with E-state index in [2.05, 4.69) is 61.2 Å². The first-order chi connectivity index (χ1) is 11.8. The Hall–Kier alpha value is -2.27. The van der Waals surface area contributed by atoms with Crippen LogP contribution in [0.15, 0.2) is 43.0 Å². The van der Waals surface area contributed by atoms with E-state index >= 15 is 0 Å². The van der Waals surface area contributed by atoms with Gasteiger partial charge in [0.1, 0.15) is 11.9 Å². The van der Waals surface area contributed by atoms with Gasteiger partial charge in [-0.3, -0.25) is 9.38 Å². The molecule has 0 bridgehead atoms. The monoisotopic (exact) mass is 336 g/mol. The summed E-state index contributed by atoms with van der Waals surface area (Å²) in [6.07, 6.45) is 6.39. The van der Waals surface area contributed by atoms with Crippen molar-refractivity contribution in [3.63, 3.8) is 0 Å². The normalized spacial score (nSPS) is 23.4. The Kier molecular flexibility index (Phi) is 3.48. The highest BCUT2D eigenvalue weighted by molar-refractivity contribution is 5.41. The summed E-state index contributed by atoms with van der Waals surface area (Å²) in [6, 6.07) is 8.12. The fraction of sp³-hybridized carbons (Fsp3) is 0.450. The Morgan fingerprint density at radius 3 is 2.72 bits per heavy atom. The molecule has 1 N–H and O–H groups in total. The highest BCUT2D eigenvalue weighted by atomic mass is 16.3. The zero-order valence-corrected chi connectivity index (χ0v) is 15.1. The molecular formula is C20H24N4O. The summed E-state index contributed by atoms with van der Waals surface area (Å²) >= 11 is 0. The second-order valence-corrected chi connectivity index (χ2v) is 8.05. The van der Waals surface area contributed by atoms with Gasteiger partial charge in [0.05, 0.1) is 5.69 Å². The fourth-order valence-corrected chi connectivity index (χ4v) is 3.80. The van der Waals surface area contributed by atoms with Gasteiger partial charge >= 0.3 is 0 Å². The summed E-state index contributed by atoms with van der Waals surface area (Å²) in [5, 5.41) is 19.2. The Morgan fingerprint density at radius 1 is 1.24 bits per heavy atom. The third kappa shape index (κ3) is 2.54. The SMILES string of the molecule is CC(C)c1ccc(C2(O)CC2C(C)(C)c2ccc3nncn3c2)nc1. The predicted molar refractivity (Wildman–Crippen MR) is 96.3 cm³/mol. The van der Waals surface area contributed by atoms with Crippen molar-refractivity contribution in [2.45, 2.75) is 51.0 Å². The van der Waals surface area contributed by atoms with E-state index in [1.54, 1.807) is 6.33 Å². The van der Waals surface area contributed by atoms with E-state index in [0.29, 0.717) is 5.92 Å². The van der Waals surface area contributed by atoms with E-state index in [-0.39, 0.29) is 11.3 Å². The molecule has 0 radical (unpaired) electrons. The van der Waals surface area contributed by atoms with E-state index < -0.39 is 5.60 Å². The molecule has 1 aliphatic carbocycles. The maximum Gasteiger partial charge on any atom is 0.160 e. The number of hydrogen-bond donors (Lipinski definition) is 1. The van der Waals surface area contributed by atoms with Gasteiger partial charge in [0.15, 0.2) is 5.65 Å². The average molecular weight is 336 g/mol. The van der Waals surface area contributed by atoms with Crippen molar-refractivity contribution in [3.05, 3.63) is 59.8 Å². The lowest BCUT2D eigenvalue weighted by Gasteiger charge is -2.27. The predicted octanol–water partition coefficient (Wildman–Crippen LogP) is 3.43. The summed E-state index contributed by atoms with van der Waals surface area (Å²) in [5.74, 6) is 0.574. The molecule has 3 heterocycles. The van der Waals surface area contributed by atoms with Crippen LogP contribution in [0.1, 0.15) is 56.9 Å². The zero-order chi connectivity index (χ0) is 17.8. The lowest BCUT2D eigenvalue weighted by atomic mass is 9.79. The van der Waals surface area contributed by atoms with Crippen LogP contribution in [-0.2, 0) is 11.0 Å². The van der Waals surface area contributed by atoms with E-state index in [4.69, 9.17) is 0 Å². The largest absolute Gasteiger partial charge is 0.383 e. The van der Waals surface area contributed by atoms with Crippen molar-refractivity contribution in [2.75, 3.05) is 0 Å². The molecule has 0 saturated heterocycles. The van der Waals surface area contributed by atoms with Crippen LogP contribution in [0.4, 0.5) is 0 Å². The lowest BCUT2D eigenvalue weighted by molar-refractivity contribution is 0.109. The molecule has 0 aliphatic heterocycles. The van der Waals surface area contributed by atoms with Gasteiger partial charge in [-0.1, -0.05) is 39.8 Å². The van der Waals surface area contributed by atoms with Crippen LogP contribution < -0.4 is 0 Å². The smallest absolute Gasteiger partial charge is 0.160 e. The number of aromatic nitrogens is 4. The molecule has 0 spiro atoms. The number of fused-ring (bicyclic) bond motifs is 1. The lowest BCUT2D eigenvalue weighted by Crippen LogP contribution is -2.27. The molecule has 25 heavy (non-hydrogen) atoms. The van der Waals surface area contributed by atoms with E-state index in [1.165, 1.54) is 11.1 Å². The second kappa shape index (κ2) is 5.36. The molecule has 0 aromatic carbocycles. The maximum absolute atomic E-state index is 11.2. The molecular weight excluding hydrogens is 312 g/mol. The van der Waals surface area contributed by atoms with Crippen molar-refractivity contribution < 1.29 is 5.11 Å². The molecule has 1 fully saturated rings. The second-order valence-electron chi connectivity index (χ2n) is 8.05. The van der Waals surface area contributed by atoms with Gasteiger partial charge < -0.3 is 5.11 Å². The molecule has 1 aliphatic rings. The topological polar surface area (TPSA) is 63.3 Å². The van der Waals surface area contributed by atoms with Crippen molar-refractivity contribution in [2.24, 2.45) is 5.92 Å². The fourth-order valence-electron chi connectivity index (χ4n) is 3.80. The molecule has 3 aromatic heterocycles. The van der Waals surface area contributed by atoms with Gasteiger partial charge in [0, 0.05) is 18.3 Å². The summed E-state index contributed by atoms with van der Waals surface area (Å²) < 4.78 is 1.92. The minimum atomic E-state index is -0.846. The summed E-state index contributed by atoms with van der Waals surface area (Å²) in [6.45, 7) is 8.67. The minimum absolute atomic E-state index is 0.131. The van der Waals surface area contributed by atoms with Crippen molar-refractivity contribution in [1.82, 2.24) is 19.6 Å². The summed E-state index contributed by atoms with van der Waals surface area (Å²) in [7, 11) is 0. The van der Waals surface area contributed by atoms with Crippen LogP contribution in [0.3, 0.4) is 0 Å². The Labute approximate surface area is 147 Å². The first kappa shape index (κ1) is 16.2. The van der Waals surface area contributed by atoms with E-state index in [1.807, 2.05) is 22.7 Å². The first-order valence-corrected chi connectivity index (χ1v) is 8.81. The highest BCUT2D eigenvalue weighted by Crippen LogP contribution is 2.60. The van der Waals surface area contributed by atoms with Crippen LogP contribution >= 0.6 is 0 Å². The van der Waals surface area contributed by atoms with Crippen molar-refractivity contribution in [3.8, 4) is 0 Å². The average Bonchev–Trinajstić information content (AvgIpc) is 3.10. The van der Waals surface area contributed by atoms with Crippen LogP contribution in [0, 0.1) is 5.92 Å². The molecule has 5 heteroatoms. The Morgan fingerprint density at radius 2 is 2.04 bits per heavy atom. The molecule has 2 atom stereocenters. The molecule has 4 rings (SSSR count). The van der Waals surface area contributed by atoms with Crippen LogP contribution in [-0.4, -0.2) is 24.7 Å². The molecule has 130 valence electrons. The zero-order valence-electron chi connectivity index (χ0n) is 15.1. The number of rotatable bonds is 4. The molecule has 0 amide bonds. The highest BCUT2D eigenvalue weighted by Gasteiger charge is 2.62. The minimum Gasteiger partial charge on any atom is -0.383 e. The van der Waals surface area contributed by atoms with Gasteiger partial charge in [0.2, 0.25) is 0 Å². The Balaban J connectivity index is 1.63. The van der Waals surface area contributed by atoms with Crippen LogP contribution in [0.25, 0.3) is 5.65 Å². The van der Waals surface area contributed by atoms with Gasteiger partial charge in [-0.2, -0.15) is 0 Å². The van der Waals surface area contributed by atoms with Crippen molar-refractivity contribution in [1.29, 1.82) is 0 Å². The van der Waals surface area contributed by atoms with E-state index in [0.717, 1.165) is 17.8 Å². The third-order valence-corrected chi connectivity index (χ3v) is 5.73. The summed E-state index contributed by atoms with van der Waals surface area (Å²) in [4.78, 5) is 4.56. The quantitative estimate of drug-likeness (QED) is 0.793. The van der Waals surface area contributed by atoms with Gasteiger partial charge in [-0.25, -0.2) is 0 Å². The number of aliphatic hydroxyl groups is 1. The Bertz CT molecular complexity index is 913. The number of hydrogen-bond acceptors (Lipinski definition) is 4. The molecule has 5 nitrogen and oxygen atoms in total.